The van der Waals surface area contributed by atoms with E-state index in [1.54, 1.807) is 12.2 Å². The molecule has 0 spiro atoms. The van der Waals surface area contributed by atoms with Gasteiger partial charge in [-0.2, -0.15) is 0 Å². The summed E-state index contributed by atoms with van der Waals surface area (Å²) in [6.45, 7) is 5.65. The highest BCUT2D eigenvalue weighted by Gasteiger charge is 2.27. The Kier molecular flexibility index (Phi) is 23.6. The minimum absolute atomic E-state index is 0.0182. The van der Waals surface area contributed by atoms with Crippen molar-refractivity contribution in [3.05, 3.63) is 36.5 Å². The maximum absolute atomic E-state index is 12.4. The first-order chi connectivity index (χ1) is 22.4. The number of rotatable bonds is 28. The van der Waals surface area contributed by atoms with Gasteiger partial charge in [-0.05, 0) is 50.0 Å². The summed E-state index contributed by atoms with van der Waals surface area (Å²) in [4.78, 5) is 55.0. The second-order valence-corrected chi connectivity index (χ2v) is 14.0. The number of ketones is 1. The largest absolute Gasteiger partial charge is 0.469 e. The van der Waals surface area contributed by atoms with E-state index in [9.17, 15) is 24.1 Å². The lowest BCUT2D eigenvalue weighted by Gasteiger charge is -2.18. The molecule has 270 valence electrons. The molecule has 11 heteroatoms. The van der Waals surface area contributed by atoms with E-state index in [-0.39, 0.29) is 37.1 Å². The Hall–Kier alpha value is -2.10. The molecular formula is C36H61O10P. The van der Waals surface area contributed by atoms with Gasteiger partial charge >= 0.3 is 19.8 Å². The van der Waals surface area contributed by atoms with Crippen molar-refractivity contribution in [3.8, 4) is 0 Å². The van der Waals surface area contributed by atoms with Gasteiger partial charge in [-0.3, -0.25) is 18.9 Å². The fourth-order valence-corrected chi connectivity index (χ4v) is 5.64. The standard InChI is InChI=1S/C36H61O10P/c1-4-6-13-20-31(37)24-25-33-30(23-26-34(33)38)19-15-11-12-17-22-36(40)46-32(28-45-47(41,42)43)27-44-35(39)21-16-10-8-7-9-14-18-29(3)5-2/h11,15,23-26,29-33,37H,4-10,12-14,16-22,27-28H2,1-3H3,(H2,41,42,43)/b15-11-,25-24+/t29?,30-,31-,32+,33+/m0/s1. The summed E-state index contributed by atoms with van der Waals surface area (Å²) in [5, 5.41) is 10.2. The number of hydrogen-bond donors (Lipinski definition) is 3. The molecule has 1 aliphatic rings. The maximum atomic E-state index is 12.4. The Balaban J connectivity index is 2.36. The van der Waals surface area contributed by atoms with E-state index in [0.29, 0.717) is 32.1 Å². The molecule has 0 saturated heterocycles. The van der Waals surface area contributed by atoms with Gasteiger partial charge in [0.05, 0.1) is 12.7 Å². The number of unbranched alkanes of at least 4 members (excludes halogenated alkanes) is 8. The second kappa shape index (κ2) is 25.9. The number of ether oxygens (including phenoxy) is 2. The van der Waals surface area contributed by atoms with Gasteiger partial charge in [0, 0.05) is 18.8 Å². The molecule has 1 aliphatic carbocycles. The predicted molar refractivity (Wildman–Crippen MR) is 183 cm³/mol. The SMILES string of the molecule is CCCCC[C@H](O)/C=C/[C@H]1C(=O)C=C[C@@H]1C/C=C\CCCC(=O)O[C@H](COC(=O)CCCCCCCCC(C)CC)COP(=O)(O)O. The lowest BCUT2D eigenvalue weighted by atomic mass is 9.90. The molecule has 1 unspecified atom stereocenters. The van der Waals surface area contributed by atoms with Crippen molar-refractivity contribution in [1.82, 2.24) is 0 Å². The minimum Gasteiger partial charge on any atom is -0.462 e. The highest BCUT2D eigenvalue weighted by molar-refractivity contribution is 7.46. The molecule has 0 aliphatic heterocycles. The fraction of sp³-hybridized carbons (Fsp3) is 0.750. The van der Waals surface area contributed by atoms with Crippen LogP contribution >= 0.6 is 7.82 Å². The van der Waals surface area contributed by atoms with E-state index < -0.39 is 38.6 Å². The van der Waals surface area contributed by atoms with Crippen LogP contribution < -0.4 is 0 Å². The first-order valence-electron chi connectivity index (χ1n) is 17.7. The number of phosphoric acid groups is 1. The third-order valence-electron chi connectivity index (χ3n) is 8.45. The summed E-state index contributed by atoms with van der Waals surface area (Å²) in [5.41, 5.74) is 0. The van der Waals surface area contributed by atoms with Gasteiger partial charge in [0.1, 0.15) is 6.61 Å². The highest BCUT2D eigenvalue weighted by atomic mass is 31.2. The molecule has 3 N–H and O–H groups in total. The molecule has 0 saturated carbocycles. The molecule has 10 nitrogen and oxygen atoms in total. The number of phosphoric ester groups is 1. The average Bonchev–Trinajstić information content (AvgIpc) is 3.38. The summed E-state index contributed by atoms with van der Waals surface area (Å²) in [6, 6.07) is 0. The zero-order chi connectivity index (χ0) is 34.9. The molecule has 0 radical (unpaired) electrons. The van der Waals surface area contributed by atoms with Crippen molar-refractivity contribution < 1.29 is 47.8 Å². The molecule has 47 heavy (non-hydrogen) atoms. The summed E-state index contributed by atoms with van der Waals surface area (Å²) < 4.78 is 26.2. The van der Waals surface area contributed by atoms with E-state index in [4.69, 9.17) is 19.3 Å². The number of aliphatic hydroxyl groups is 1. The van der Waals surface area contributed by atoms with Gasteiger partial charge in [-0.1, -0.05) is 115 Å². The third kappa shape index (κ3) is 23.0. The summed E-state index contributed by atoms with van der Waals surface area (Å²) in [5.74, 6) is -0.511. The molecule has 1 rings (SSSR count). The Labute approximate surface area is 282 Å². The van der Waals surface area contributed by atoms with Crippen LogP contribution in [0.15, 0.2) is 36.5 Å². The molecule has 0 bridgehead atoms. The fourth-order valence-electron chi connectivity index (χ4n) is 5.28. The van der Waals surface area contributed by atoms with Gasteiger partial charge in [0.2, 0.25) is 0 Å². The zero-order valence-corrected chi connectivity index (χ0v) is 29.8. The topological polar surface area (TPSA) is 157 Å². The van der Waals surface area contributed by atoms with Crippen LogP contribution in [0, 0.1) is 17.8 Å². The number of aliphatic hydroxyl groups excluding tert-OH is 1. The lowest BCUT2D eigenvalue weighted by Crippen LogP contribution is -2.29. The van der Waals surface area contributed by atoms with Crippen LogP contribution in [0.3, 0.4) is 0 Å². The van der Waals surface area contributed by atoms with Gasteiger partial charge in [0.25, 0.3) is 0 Å². The number of hydrogen-bond acceptors (Lipinski definition) is 8. The van der Waals surface area contributed by atoms with Crippen molar-refractivity contribution in [3.63, 3.8) is 0 Å². The Morgan fingerprint density at radius 1 is 0.915 bits per heavy atom. The Morgan fingerprint density at radius 3 is 2.30 bits per heavy atom. The first kappa shape index (κ1) is 42.9. The molecule has 0 aromatic rings. The van der Waals surface area contributed by atoms with Crippen molar-refractivity contribution in [2.24, 2.45) is 17.8 Å². The zero-order valence-electron chi connectivity index (χ0n) is 28.9. The van der Waals surface area contributed by atoms with Gasteiger partial charge < -0.3 is 24.4 Å². The normalized spacial score (nSPS) is 18.6. The summed E-state index contributed by atoms with van der Waals surface area (Å²) >= 11 is 0. The number of esters is 2. The number of allylic oxidation sites excluding steroid dienone is 5. The van der Waals surface area contributed by atoms with Crippen LogP contribution in [-0.4, -0.2) is 58.0 Å². The second-order valence-electron chi connectivity index (χ2n) is 12.8. The average molecular weight is 685 g/mol. The van der Waals surface area contributed by atoms with Crippen LogP contribution in [0.4, 0.5) is 0 Å². The maximum Gasteiger partial charge on any atom is 0.469 e. The van der Waals surface area contributed by atoms with Crippen LogP contribution in [0.1, 0.15) is 130 Å². The Bertz CT molecular complexity index is 1020. The van der Waals surface area contributed by atoms with Gasteiger partial charge in [-0.15, -0.1) is 0 Å². The van der Waals surface area contributed by atoms with Crippen molar-refractivity contribution in [2.45, 2.75) is 142 Å². The molecule has 0 aromatic carbocycles. The molecule has 5 atom stereocenters. The van der Waals surface area contributed by atoms with E-state index in [1.165, 1.54) is 25.7 Å². The van der Waals surface area contributed by atoms with Gasteiger partial charge in [-0.25, -0.2) is 4.57 Å². The van der Waals surface area contributed by atoms with E-state index in [1.807, 2.05) is 24.3 Å². The molecule has 0 amide bonds. The molecular weight excluding hydrogens is 623 g/mol. The minimum atomic E-state index is -4.80. The number of carbonyl (C=O) groups excluding carboxylic acids is 3. The quantitative estimate of drug-likeness (QED) is 0.0323. The molecule has 0 heterocycles. The van der Waals surface area contributed by atoms with Crippen LogP contribution in [-0.2, 0) is 32.9 Å². The number of carbonyl (C=O) groups is 3. The Morgan fingerprint density at radius 2 is 1.60 bits per heavy atom. The van der Waals surface area contributed by atoms with Crippen LogP contribution in [0.5, 0.6) is 0 Å². The van der Waals surface area contributed by atoms with E-state index in [2.05, 4.69) is 25.3 Å². The van der Waals surface area contributed by atoms with Crippen LogP contribution in [0.25, 0.3) is 0 Å². The highest BCUT2D eigenvalue weighted by Crippen LogP contribution is 2.36. The van der Waals surface area contributed by atoms with E-state index in [0.717, 1.165) is 44.4 Å². The van der Waals surface area contributed by atoms with E-state index >= 15 is 0 Å². The monoisotopic (exact) mass is 684 g/mol. The lowest BCUT2D eigenvalue weighted by molar-refractivity contribution is -0.161. The van der Waals surface area contributed by atoms with Crippen LogP contribution in [0.2, 0.25) is 0 Å². The summed E-state index contributed by atoms with van der Waals surface area (Å²) in [7, 11) is -4.80. The molecule has 0 fully saturated rings. The predicted octanol–water partition coefficient (Wildman–Crippen LogP) is 7.70. The van der Waals surface area contributed by atoms with Crippen molar-refractivity contribution in [2.75, 3.05) is 13.2 Å². The third-order valence-corrected chi connectivity index (χ3v) is 8.94. The van der Waals surface area contributed by atoms with Gasteiger partial charge in [0.15, 0.2) is 11.9 Å². The van der Waals surface area contributed by atoms with Crippen molar-refractivity contribution in [1.29, 1.82) is 0 Å². The van der Waals surface area contributed by atoms with Crippen molar-refractivity contribution >= 4 is 25.5 Å². The summed E-state index contributed by atoms with van der Waals surface area (Å²) in [6.07, 6.45) is 23.8. The molecule has 0 aromatic heterocycles. The first-order valence-corrected chi connectivity index (χ1v) is 19.3. The smallest absolute Gasteiger partial charge is 0.462 e.